The molecule has 0 aromatic heterocycles. The van der Waals surface area contributed by atoms with Crippen molar-refractivity contribution in [3.63, 3.8) is 0 Å². The smallest absolute Gasteiger partial charge is 0.130 e. The van der Waals surface area contributed by atoms with E-state index in [1.54, 1.807) is 0 Å². The molecular formula is C10H22INO2. The molecule has 4 heteroatoms. The number of quaternary nitrogens is 1. The van der Waals surface area contributed by atoms with Gasteiger partial charge in [-0.15, -0.1) is 0 Å². The molecule has 1 saturated heterocycles. The van der Waals surface area contributed by atoms with Gasteiger partial charge in [0, 0.05) is 0 Å². The zero-order chi connectivity index (χ0) is 10.1. The monoisotopic (exact) mass is 315 g/mol. The summed E-state index contributed by atoms with van der Waals surface area (Å²) in [5.74, 6) is 0. The molecule has 0 amide bonds. The molecule has 0 aromatic rings. The van der Waals surface area contributed by atoms with E-state index in [2.05, 4.69) is 35.0 Å². The van der Waals surface area contributed by atoms with Crippen molar-refractivity contribution in [2.24, 2.45) is 0 Å². The largest absolute Gasteiger partial charge is 1.00 e. The lowest BCUT2D eigenvalue weighted by Gasteiger charge is -2.37. The second-order valence-corrected chi connectivity index (χ2v) is 5.48. The highest BCUT2D eigenvalue weighted by molar-refractivity contribution is 4.74. The standard InChI is InChI=1S/C10H22NO2.HI/c1-10(2)8-12-9(7-13-10)6-11(3,4)5;/h9H,6-8H2,1-5H3;1H/q+1;/p-1/t9-;/m1./s1. The van der Waals surface area contributed by atoms with Gasteiger partial charge in [0.15, 0.2) is 0 Å². The van der Waals surface area contributed by atoms with E-state index >= 15 is 0 Å². The number of rotatable bonds is 2. The molecule has 0 aromatic carbocycles. The molecule has 0 aliphatic carbocycles. The Balaban J connectivity index is 0.00000169. The summed E-state index contributed by atoms with van der Waals surface area (Å²) < 4.78 is 12.3. The summed E-state index contributed by atoms with van der Waals surface area (Å²) >= 11 is 0. The minimum Gasteiger partial charge on any atom is -1.00 e. The molecule has 3 nitrogen and oxygen atoms in total. The normalized spacial score (nSPS) is 26.8. The van der Waals surface area contributed by atoms with Gasteiger partial charge < -0.3 is 37.9 Å². The highest BCUT2D eigenvalue weighted by Crippen LogP contribution is 2.18. The first-order valence-electron chi connectivity index (χ1n) is 4.85. The third-order valence-electron chi connectivity index (χ3n) is 2.08. The molecule has 0 spiro atoms. The molecule has 1 fully saturated rings. The van der Waals surface area contributed by atoms with Crippen molar-refractivity contribution >= 4 is 0 Å². The second-order valence-electron chi connectivity index (χ2n) is 5.48. The highest BCUT2D eigenvalue weighted by Gasteiger charge is 2.30. The van der Waals surface area contributed by atoms with Crippen LogP contribution in [0.25, 0.3) is 0 Å². The van der Waals surface area contributed by atoms with Gasteiger partial charge in [0.1, 0.15) is 12.6 Å². The maximum Gasteiger partial charge on any atom is 0.130 e. The Kier molecular flexibility index (Phi) is 5.32. The third kappa shape index (κ3) is 5.48. The van der Waals surface area contributed by atoms with Gasteiger partial charge in [0.2, 0.25) is 0 Å². The summed E-state index contributed by atoms with van der Waals surface area (Å²) in [4.78, 5) is 0. The quantitative estimate of drug-likeness (QED) is 0.429. The van der Waals surface area contributed by atoms with E-state index in [4.69, 9.17) is 9.47 Å². The van der Waals surface area contributed by atoms with Crippen LogP contribution in [0.2, 0.25) is 0 Å². The van der Waals surface area contributed by atoms with Gasteiger partial charge in [0.25, 0.3) is 0 Å². The average Bonchev–Trinajstić information content (AvgIpc) is 1.91. The first-order valence-corrected chi connectivity index (χ1v) is 4.85. The number of likely N-dealkylation sites (N-methyl/N-ethyl adjacent to an activating group) is 1. The topological polar surface area (TPSA) is 18.5 Å². The molecule has 1 heterocycles. The third-order valence-corrected chi connectivity index (χ3v) is 2.08. The Morgan fingerprint density at radius 3 is 2.21 bits per heavy atom. The SMILES string of the molecule is CC1(C)CO[C@H](C[N+](C)(C)C)CO1.[I-]. The molecular weight excluding hydrogens is 293 g/mol. The Morgan fingerprint density at radius 2 is 1.86 bits per heavy atom. The van der Waals surface area contributed by atoms with Crippen LogP contribution in [-0.2, 0) is 9.47 Å². The van der Waals surface area contributed by atoms with Crippen LogP contribution in [0.3, 0.4) is 0 Å². The Morgan fingerprint density at radius 1 is 1.29 bits per heavy atom. The van der Waals surface area contributed by atoms with Gasteiger partial charge >= 0.3 is 0 Å². The predicted molar refractivity (Wildman–Crippen MR) is 52.7 cm³/mol. The minimum atomic E-state index is -0.0958. The van der Waals surface area contributed by atoms with Crippen molar-refractivity contribution in [2.45, 2.75) is 25.6 Å². The Hall–Kier alpha value is 0.610. The summed E-state index contributed by atoms with van der Waals surface area (Å²) in [6, 6.07) is 0. The molecule has 0 unspecified atom stereocenters. The van der Waals surface area contributed by atoms with Crippen LogP contribution >= 0.6 is 0 Å². The highest BCUT2D eigenvalue weighted by atomic mass is 127. The van der Waals surface area contributed by atoms with E-state index < -0.39 is 0 Å². The lowest BCUT2D eigenvalue weighted by molar-refractivity contribution is -0.874. The molecule has 0 N–H and O–H groups in total. The number of ether oxygens (including phenoxy) is 2. The fourth-order valence-electron chi connectivity index (χ4n) is 1.44. The van der Waals surface area contributed by atoms with E-state index in [0.29, 0.717) is 6.61 Å². The fraction of sp³-hybridized carbons (Fsp3) is 1.00. The van der Waals surface area contributed by atoms with Crippen LogP contribution in [0, 0.1) is 0 Å². The molecule has 0 saturated carbocycles. The lowest BCUT2D eigenvalue weighted by Crippen LogP contribution is -3.00. The first-order chi connectivity index (χ1) is 5.79. The van der Waals surface area contributed by atoms with Crippen LogP contribution in [-0.4, -0.2) is 57.1 Å². The van der Waals surface area contributed by atoms with Crippen molar-refractivity contribution in [1.29, 1.82) is 0 Å². The lowest BCUT2D eigenvalue weighted by atomic mass is 10.1. The van der Waals surface area contributed by atoms with Gasteiger partial charge in [0.05, 0.1) is 40.0 Å². The average molecular weight is 315 g/mol. The van der Waals surface area contributed by atoms with Crippen molar-refractivity contribution in [2.75, 3.05) is 40.9 Å². The molecule has 14 heavy (non-hydrogen) atoms. The molecule has 1 aliphatic rings. The van der Waals surface area contributed by atoms with Crippen LogP contribution in [0.15, 0.2) is 0 Å². The van der Waals surface area contributed by atoms with Crippen molar-refractivity contribution in [1.82, 2.24) is 0 Å². The van der Waals surface area contributed by atoms with E-state index in [0.717, 1.165) is 17.6 Å². The molecule has 1 aliphatic heterocycles. The molecule has 0 bridgehead atoms. The van der Waals surface area contributed by atoms with Crippen LogP contribution in [0.5, 0.6) is 0 Å². The van der Waals surface area contributed by atoms with E-state index in [9.17, 15) is 0 Å². The van der Waals surface area contributed by atoms with Crippen molar-refractivity contribution in [3.8, 4) is 0 Å². The number of halogens is 1. The van der Waals surface area contributed by atoms with Crippen LogP contribution in [0.1, 0.15) is 13.8 Å². The Labute approximate surface area is 104 Å². The van der Waals surface area contributed by atoms with Crippen molar-refractivity contribution < 1.29 is 37.9 Å². The maximum atomic E-state index is 5.73. The fourth-order valence-corrected chi connectivity index (χ4v) is 1.44. The Bertz CT molecular complexity index is 167. The molecule has 86 valence electrons. The van der Waals surface area contributed by atoms with Gasteiger partial charge in [-0.05, 0) is 13.8 Å². The van der Waals surface area contributed by atoms with Crippen molar-refractivity contribution in [3.05, 3.63) is 0 Å². The van der Waals surface area contributed by atoms with Crippen LogP contribution < -0.4 is 24.0 Å². The molecule has 1 rings (SSSR count). The number of hydrogen-bond donors (Lipinski definition) is 0. The summed E-state index contributed by atoms with van der Waals surface area (Å²) in [6.45, 7) is 6.57. The molecule has 0 radical (unpaired) electrons. The predicted octanol–water partition coefficient (Wildman–Crippen LogP) is -2.11. The van der Waals surface area contributed by atoms with Crippen LogP contribution in [0.4, 0.5) is 0 Å². The summed E-state index contributed by atoms with van der Waals surface area (Å²) in [5, 5.41) is 0. The summed E-state index contributed by atoms with van der Waals surface area (Å²) in [7, 11) is 6.51. The first kappa shape index (κ1) is 14.6. The second kappa shape index (κ2) is 5.09. The summed E-state index contributed by atoms with van der Waals surface area (Å²) in [5.41, 5.74) is -0.0958. The minimum absolute atomic E-state index is 0. The molecule has 1 atom stereocenters. The van der Waals surface area contributed by atoms with E-state index in [1.165, 1.54) is 0 Å². The number of nitrogens with zero attached hydrogens (tertiary/aromatic N) is 1. The van der Waals surface area contributed by atoms with E-state index in [-0.39, 0.29) is 35.7 Å². The summed E-state index contributed by atoms with van der Waals surface area (Å²) in [6.07, 6.45) is 0.257. The number of hydrogen-bond acceptors (Lipinski definition) is 2. The van der Waals surface area contributed by atoms with Gasteiger partial charge in [-0.3, -0.25) is 0 Å². The zero-order valence-electron chi connectivity index (χ0n) is 9.84. The van der Waals surface area contributed by atoms with Gasteiger partial charge in [-0.25, -0.2) is 0 Å². The van der Waals surface area contributed by atoms with Gasteiger partial charge in [-0.1, -0.05) is 0 Å². The van der Waals surface area contributed by atoms with Gasteiger partial charge in [-0.2, -0.15) is 0 Å². The zero-order valence-corrected chi connectivity index (χ0v) is 12.0. The maximum absolute atomic E-state index is 5.73. The van der Waals surface area contributed by atoms with E-state index in [1.807, 2.05) is 0 Å².